The highest BCUT2D eigenvalue weighted by Gasteiger charge is 2.05. The average molecular weight is 276 g/mol. The zero-order chi connectivity index (χ0) is 12.8. The standard InChI is InChI=1S/C11H15Cl2N3O/c1-2-7(14)6-15-11(17)16-8-3-4-9(12)10(13)5-8/h3-5,7H,2,6,14H2,1H3,(H2,15,16,17). The second-order valence-electron chi connectivity index (χ2n) is 3.63. The summed E-state index contributed by atoms with van der Waals surface area (Å²) in [4.78, 5) is 11.5. The maximum atomic E-state index is 11.5. The molecule has 1 rings (SSSR count). The first-order chi connectivity index (χ1) is 8.02. The van der Waals surface area contributed by atoms with Crippen LogP contribution in [0.3, 0.4) is 0 Å². The zero-order valence-electron chi connectivity index (χ0n) is 9.47. The first-order valence-electron chi connectivity index (χ1n) is 5.28. The lowest BCUT2D eigenvalue weighted by Gasteiger charge is -2.11. The Labute approximate surface area is 110 Å². The van der Waals surface area contributed by atoms with Crippen LogP contribution in [0, 0.1) is 0 Å². The normalized spacial score (nSPS) is 12.0. The Morgan fingerprint density at radius 2 is 2.12 bits per heavy atom. The van der Waals surface area contributed by atoms with Crippen molar-refractivity contribution < 1.29 is 4.79 Å². The summed E-state index contributed by atoms with van der Waals surface area (Å²) >= 11 is 11.6. The molecule has 0 fully saturated rings. The summed E-state index contributed by atoms with van der Waals surface area (Å²) in [6.45, 7) is 2.40. The Bertz CT molecular complexity index is 398. The summed E-state index contributed by atoms with van der Waals surface area (Å²) in [5.41, 5.74) is 6.26. The fraction of sp³-hybridized carbons (Fsp3) is 0.364. The largest absolute Gasteiger partial charge is 0.336 e. The van der Waals surface area contributed by atoms with Crippen LogP contribution in [0.2, 0.25) is 10.0 Å². The van der Waals surface area contributed by atoms with Crippen LogP contribution in [0.5, 0.6) is 0 Å². The van der Waals surface area contributed by atoms with Gasteiger partial charge in [-0.05, 0) is 24.6 Å². The predicted octanol–water partition coefficient (Wildman–Crippen LogP) is 2.85. The van der Waals surface area contributed by atoms with Crippen LogP contribution in [0.1, 0.15) is 13.3 Å². The number of benzene rings is 1. The fourth-order valence-electron chi connectivity index (χ4n) is 1.12. The molecule has 1 unspecified atom stereocenters. The highest BCUT2D eigenvalue weighted by Crippen LogP contribution is 2.24. The molecule has 0 heterocycles. The Hall–Kier alpha value is -0.970. The van der Waals surface area contributed by atoms with Gasteiger partial charge in [-0.1, -0.05) is 30.1 Å². The molecule has 0 aromatic heterocycles. The monoisotopic (exact) mass is 275 g/mol. The van der Waals surface area contributed by atoms with Crippen LogP contribution < -0.4 is 16.4 Å². The lowest BCUT2D eigenvalue weighted by Crippen LogP contribution is -2.38. The number of amides is 2. The summed E-state index contributed by atoms with van der Waals surface area (Å²) in [5, 5.41) is 6.15. The van der Waals surface area contributed by atoms with Gasteiger partial charge in [0.2, 0.25) is 0 Å². The van der Waals surface area contributed by atoms with Gasteiger partial charge in [0.05, 0.1) is 10.0 Å². The van der Waals surface area contributed by atoms with Crippen LogP contribution in [-0.4, -0.2) is 18.6 Å². The molecule has 0 bridgehead atoms. The number of halogens is 2. The summed E-state index contributed by atoms with van der Waals surface area (Å²) in [6, 6.07) is 4.54. The Balaban J connectivity index is 2.48. The second-order valence-corrected chi connectivity index (χ2v) is 4.45. The number of hydrogen-bond acceptors (Lipinski definition) is 2. The minimum absolute atomic E-state index is 0.0328. The van der Waals surface area contributed by atoms with E-state index in [2.05, 4.69) is 10.6 Å². The maximum absolute atomic E-state index is 11.5. The van der Waals surface area contributed by atoms with E-state index in [0.717, 1.165) is 6.42 Å². The molecule has 1 atom stereocenters. The summed E-state index contributed by atoms with van der Waals surface area (Å²) < 4.78 is 0. The van der Waals surface area contributed by atoms with Crippen molar-refractivity contribution in [2.24, 2.45) is 5.73 Å². The molecule has 0 aliphatic rings. The van der Waals surface area contributed by atoms with E-state index >= 15 is 0 Å². The number of urea groups is 1. The van der Waals surface area contributed by atoms with Crippen molar-refractivity contribution in [2.45, 2.75) is 19.4 Å². The molecule has 1 aromatic carbocycles. The first kappa shape index (κ1) is 14.1. The van der Waals surface area contributed by atoms with Crippen molar-refractivity contribution in [3.63, 3.8) is 0 Å². The van der Waals surface area contributed by atoms with E-state index in [1.165, 1.54) is 0 Å². The first-order valence-corrected chi connectivity index (χ1v) is 6.04. The third-order valence-corrected chi connectivity index (χ3v) is 2.97. The van der Waals surface area contributed by atoms with Crippen molar-refractivity contribution in [2.75, 3.05) is 11.9 Å². The van der Waals surface area contributed by atoms with E-state index in [1.807, 2.05) is 6.92 Å². The molecule has 1 aromatic rings. The molecule has 17 heavy (non-hydrogen) atoms. The Kier molecular flexibility index (Phi) is 5.55. The molecular weight excluding hydrogens is 261 g/mol. The molecule has 0 spiro atoms. The lowest BCUT2D eigenvalue weighted by molar-refractivity contribution is 0.251. The van der Waals surface area contributed by atoms with Gasteiger partial charge in [0.25, 0.3) is 0 Å². The minimum Gasteiger partial charge on any atom is -0.336 e. The molecule has 0 aliphatic heterocycles. The van der Waals surface area contributed by atoms with Gasteiger partial charge in [0.15, 0.2) is 0 Å². The second kappa shape index (κ2) is 6.69. The number of carbonyl (C=O) groups is 1. The molecule has 2 amide bonds. The van der Waals surface area contributed by atoms with Crippen molar-refractivity contribution in [1.82, 2.24) is 5.32 Å². The van der Waals surface area contributed by atoms with Crippen LogP contribution in [0.4, 0.5) is 10.5 Å². The number of hydrogen-bond donors (Lipinski definition) is 3. The minimum atomic E-state index is -0.313. The highest BCUT2D eigenvalue weighted by molar-refractivity contribution is 6.42. The zero-order valence-corrected chi connectivity index (χ0v) is 11.0. The molecule has 0 saturated heterocycles. The van der Waals surface area contributed by atoms with Crippen LogP contribution in [0.15, 0.2) is 18.2 Å². The molecule has 6 heteroatoms. The van der Waals surface area contributed by atoms with Gasteiger partial charge in [-0.15, -0.1) is 0 Å². The van der Waals surface area contributed by atoms with Gasteiger partial charge in [0, 0.05) is 18.3 Å². The molecule has 4 nitrogen and oxygen atoms in total. The van der Waals surface area contributed by atoms with E-state index in [-0.39, 0.29) is 12.1 Å². The van der Waals surface area contributed by atoms with Gasteiger partial charge < -0.3 is 16.4 Å². The quantitative estimate of drug-likeness (QED) is 0.791. The van der Waals surface area contributed by atoms with Crippen LogP contribution in [-0.2, 0) is 0 Å². The van der Waals surface area contributed by atoms with E-state index in [4.69, 9.17) is 28.9 Å². The van der Waals surface area contributed by atoms with Crippen LogP contribution in [0.25, 0.3) is 0 Å². The number of nitrogens with one attached hydrogen (secondary N) is 2. The smallest absolute Gasteiger partial charge is 0.319 e. The maximum Gasteiger partial charge on any atom is 0.319 e. The Morgan fingerprint density at radius 1 is 1.41 bits per heavy atom. The van der Waals surface area contributed by atoms with Gasteiger partial charge in [0.1, 0.15) is 0 Å². The number of anilines is 1. The van der Waals surface area contributed by atoms with Gasteiger partial charge >= 0.3 is 6.03 Å². The van der Waals surface area contributed by atoms with Crippen molar-refractivity contribution in [3.05, 3.63) is 28.2 Å². The average Bonchev–Trinajstić information content (AvgIpc) is 2.31. The summed E-state index contributed by atoms with van der Waals surface area (Å²) in [6.07, 6.45) is 0.813. The Morgan fingerprint density at radius 3 is 2.71 bits per heavy atom. The van der Waals surface area contributed by atoms with E-state index < -0.39 is 0 Å². The summed E-state index contributed by atoms with van der Waals surface area (Å²) in [5.74, 6) is 0. The molecule has 0 radical (unpaired) electrons. The number of nitrogens with two attached hydrogens (primary N) is 1. The van der Waals surface area contributed by atoms with Crippen LogP contribution >= 0.6 is 23.2 Å². The van der Waals surface area contributed by atoms with Gasteiger partial charge in [-0.25, -0.2) is 4.79 Å². The lowest BCUT2D eigenvalue weighted by atomic mass is 10.2. The highest BCUT2D eigenvalue weighted by atomic mass is 35.5. The van der Waals surface area contributed by atoms with E-state index in [1.54, 1.807) is 18.2 Å². The molecule has 0 aliphatic carbocycles. The van der Waals surface area contributed by atoms with Crippen molar-refractivity contribution in [3.8, 4) is 0 Å². The predicted molar refractivity (Wildman–Crippen MR) is 71.7 cm³/mol. The molecule has 94 valence electrons. The molecule has 4 N–H and O–H groups in total. The SMILES string of the molecule is CCC(N)CNC(=O)Nc1ccc(Cl)c(Cl)c1. The van der Waals surface area contributed by atoms with E-state index in [0.29, 0.717) is 22.3 Å². The van der Waals surface area contributed by atoms with E-state index in [9.17, 15) is 4.79 Å². The topological polar surface area (TPSA) is 67.1 Å². The molecule has 0 saturated carbocycles. The van der Waals surface area contributed by atoms with Crippen molar-refractivity contribution >= 4 is 34.9 Å². The third-order valence-electron chi connectivity index (χ3n) is 2.23. The number of rotatable bonds is 4. The van der Waals surface area contributed by atoms with Crippen molar-refractivity contribution in [1.29, 1.82) is 0 Å². The van der Waals surface area contributed by atoms with Gasteiger partial charge in [-0.3, -0.25) is 0 Å². The van der Waals surface area contributed by atoms with Gasteiger partial charge in [-0.2, -0.15) is 0 Å². The molecular formula is C11H15Cl2N3O. The number of carbonyl (C=O) groups excluding carboxylic acids is 1. The summed E-state index contributed by atoms with van der Waals surface area (Å²) in [7, 11) is 0. The third kappa shape index (κ3) is 4.81. The fourth-order valence-corrected chi connectivity index (χ4v) is 1.42.